The highest BCUT2D eigenvalue weighted by Crippen LogP contribution is 2.46. The summed E-state index contributed by atoms with van der Waals surface area (Å²) < 4.78 is 0. The zero-order valence-corrected chi connectivity index (χ0v) is 9.62. The minimum atomic E-state index is -0.947. The van der Waals surface area contributed by atoms with E-state index in [-0.39, 0.29) is 37.0 Å². The average molecular weight is 251 g/mol. The van der Waals surface area contributed by atoms with Crippen LogP contribution in [0.2, 0.25) is 0 Å². The van der Waals surface area contributed by atoms with E-state index < -0.39 is 6.09 Å². The Hall–Kier alpha value is -2.11. The first-order chi connectivity index (χ1) is 8.70. The SMILES string of the molecule is [N-]=[N+]=NCC1C(CN=[N+]=[N-])C2CCC1N2C(=O)O. The molecule has 0 aromatic heterocycles. The standard InChI is InChI=1S/C9H13N7O2/c10-14-12-3-5-6(4-13-15-11)8-2-1-7(5)16(8)9(17)18/h5-8H,1-4H2,(H,17,18). The van der Waals surface area contributed by atoms with Gasteiger partial charge in [-0.15, -0.1) is 0 Å². The summed E-state index contributed by atoms with van der Waals surface area (Å²) in [7, 11) is 0. The van der Waals surface area contributed by atoms with Crippen molar-refractivity contribution in [3.05, 3.63) is 20.9 Å². The molecule has 0 spiro atoms. The Kier molecular flexibility index (Phi) is 3.45. The van der Waals surface area contributed by atoms with Crippen molar-refractivity contribution in [3.8, 4) is 0 Å². The van der Waals surface area contributed by atoms with E-state index in [0.29, 0.717) is 0 Å². The van der Waals surface area contributed by atoms with Crippen LogP contribution in [-0.2, 0) is 0 Å². The van der Waals surface area contributed by atoms with Gasteiger partial charge in [0.2, 0.25) is 0 Å². The Morgan fingerprint density at radius 1 is 1.17 bits per heavy atom. The minimum absolute atomic E-state index is 0.0405. The molecule has 4 unspecified atom stereocenters. The quantitative estimate of drug-likeness (QED) is 0.465. The van der Waals surface area contributed by atoms with Crippen LogP contribution in [0.1, 0.15) is 12.8 Å². The van der Waals surface area contributed by atoms with E-state index in [2.05, 4.69) is 20.1 Å². The fourth-order valence-corrected chi connectivity index (χ4v) is 3.34. The van der Waals surface area contributed by atoms with Crippen LogP contribution in [0.25, 0.3) is 20.9 Å². The Balaban J connectivity index is 2.22. The summed E-state index contributed by atoms with van der Waals surface area (Å²) in [5, 5.41) is 16.3. The highest BCUT2D eigenvalue weighted by molar-refractivity contribution is 5.67. The third-order valence-corrected chi connectivity index (χ3v) is 3.94. The summed E-state index contributed by atoms with van der Waals surface area (Å²) in [6.45, 7) is 0.514. The lowest BCUT2D eigenvalue weighted by Gasteiger charge is -2.25. The van der Waals surface area contributed by atoms with E-state index in [1.165, 1.54) is 4.90 Å². The Labute approximate surface area is 103 Å². The molecule has 0 aliphatic carbocycles. The van der Waals surface area contributed by atoms with Crippen molar-refractivity contribution in [2.45, 2.75) is 24.9 Å². The molecule has 1 N–H and O–H groups in total. The van der Waals surface area contributed by atoms with Gasteiger partial charge in [0.1, 0.15) is 0 Å². The van der Waals surface area contributed by atoms with Crippen LogP contribution in [0.15, 0.2) is 10.2 Å². The highest BCUT2D eigenvalue weighted by Gasteiger charge is 2.54. The number of azide groups is 2. The summed E-state index contributed by atoms with van der Waals surface area (Å²) in [6.07, 6.45) is 0.627. The summed E-state index contributed by atoms with van der Waals surface area (Å²) in [5.74, 6) is -0.0810. The molecule has 0 aromatic carbocycles. The van der Waals surface area contributed by atoms with Gasteiger partial charge in [-0.2, -0.15) is 0 Å². The van der Waals surface area contributed by atoms with Gasteiger partial charge in [-0.25, -0.2) is 4.79 Å². The molecule has 18 heavy (non-hydrogen) atoms. The summed E-state index contributed by atoms with van der Waals surface area (Å²) >= 11 is 0. The molecule has 2 aliphatic heterocycles. The number of nitrogens with zero attached hydrogens (tertiary/aromatic N) is 7. The zero-order chi connectivity index (χ0) is 13.1. The predicted molar refractivity (Wildman–Crippen MR) is 61.7 cm³/mol. The summed E-state index contributed by atoms with van der Waals surface area (Å²) in [6, 6.07) is -0.228. The van der Waals surface area contributed by atoms with Crippen molar-refractivity contribution in [1.82, 2.24) is 4.90 Å². The van der Waals surface area contributed by atoms with Crippen LogP contribution in [0.3, 0.4) is 0 Å². The molecule has 2 heterocycles. The number of carboxylic acid groups (broad SMARTS) is 1. The van der Waals surface area contributed by atoms with E-state index in [9.17, 15) is 9.90 Å². The molecule has 1 amide bonds. The molecular weight excluding hydrogens is 238 g/mol. The van der Waals surface area contributed by atoms with E-state index in [1.54, 1.807) is 0 Å². The van der Waals surface area contributed by atoms with Crippen molar-refractivity contribution in [2.75, 3.05) is 13.1 Å². The van der Waals surface area contributed by atoms with Crippen molar-refractivity contribution < 1.29 is 9.90 Å². The largest absolute Gasteiger partial charge is 0.465 e. The van der Waals surface area contributed by atoms with Gasteiger partial charge >= 0.3 is 6.09 Å². The van der Waals surface area contributed by atoms with Crippen molar-refractivity contribution in [2.24, 2.45) is 22.1 Å². The second kappa shape index (κ2) is 5.03. The van der Waals surface area contributed by atoms with Crippen LogP contribution in [0, 0.1) is 11.8 Å². The van der Waals surface area contributed by atoms with E-state index in [1.807, 2.05) is 0 Å². The van der Waals surface area contributed by atoms with Gasteiger partial charge in [-0.1, -0.05) is 10.2 Å². The van der Waals surface area contributed by atoms with E-state index in [0.717, 1.165) is 12.8 Å². The van der Waals surface area contributed by atoms with Crippen molar-refractivity contribution in [1.29, 1.82) is 0 Å². The molecule has 0 saturated carbocycles. The third kappa shape index (κ3) is 1.90. The second-order valence-corrected chi connectivity index (χ2v) is 4.56. The first-order valence-electron chi connectivity index (χ1n) is 5.73. The maximum Gasteiger partial charge on any atom is 0.407 e. The molecular formula is C9H13N7O2. The number of hydrogen-bond donors (Lipinski definition) is 1. The van der Waals surface area contributed by atoms with Gasteiger partial charge in [-0.3, -0.25) is 0 Å². The fraction of sp³-hybridized carbons (Fsp3) is 0.889. The number of carbonyl (C=O) groups is 1. The third-order valence-electron chi connectivity index (χ3n) is 3.94. The van der Waals surface area contributed by atoms with Crippen LogP contribution >= 0.6 is 0 Å². The van der Waals surface area contributed by atoms with Gasteiger partial charge in [0.25, 0.3) is 0 Å². The van der Waals surface area contributed by atoms with Crippen LogP contribution in [-0.4, -0.2) is 41.3 Å². The van der Waals surface area contributed by atoms with Crippen LogP contribution < -0.4 is 0 Å². The number of rotatable bonds is 4. The minimum Gasteiger partial charge on any atom is -0.465 e. The second-order valence-electron chi connectivity index (χ2n) is 4.56. The molecule has 2 bridgehead atoms. The van der Waals surface area contributed by atoms with Crippen LogP contribution in [0.4, 0.5) is 4.79 Å². The highest BCUT2D eigenvalue weighted by atomic mass is 16.4. The van der Waals surface area contributed by atoms with Gasteiger partial charge in [0.15, 0.2) is 0 Å². The number of fused-ring (bicyclic) bond motifs is 2. The lowest BCUT2D eigenvalue weighted by Crippen LogP contribution is -2.35. The molecule has 2 fully saturated rings. The van der Waals surface area contributed by atoms with Crippen LogP contribution in [0.5, 0.6) is 0 Å². The topological polar surface area (TPSA) is 138 Å². The zero-order valence-electron chi connectivity index (χ0n) is 9.62. The monoisotopic (exact) mass is 251 g/mol. The average Bonchev–Trinajstić information content (AvgIpc) is 2.89. The lowest BCUT2D eigenvalue weighted by molar-refractivity contribution is 0.134. The molecule has 0 radical (unpaired) electrons. The maximum atomic E-state index is 11.2. The van der Waals surface area contributed by atoms with Gasteiger partial charge < -0.3 is 10.0 Å². The molecule has 9 nitrogen and oxygen atoms in total. The molecule has 4 atom stereocenters. The van der Waals surface area contributed by atoms with Gasteiger partial charge in [0, 0.05) is 35.0 Å². The normalized spacial score (nSPS) is 32.8. The van der Waals surface area contributed by atoms with Gasteiger partial charge in [0.05, 0.1) is 0 Å². The maximum absolute atomic E-state index is 11.2. The lowest BCUT2D eigenvalue weighted by atomic mass is 9.79. The van der Waals surface area contributed by atoms with Crippen molar-refractivity contribution in [3.63, 3.8) is 0 Å². The first kappa shape index (κ1) is 12.3. The predicted octanol–water partition coefficient (Wildman–Crippen LogP) is 2.36. The van der Waals surface area contributed by atoms with E-state index in [4.69, 9.17) is 11.1 Å². The van der Waals surface area contributed by atoms with E-state index >= 15 is 0 Å². The van der Waals surface area contributed by atoms with Gasteiger partial charge in [-0.05, 0) is 35.7 Å². The molecule has 9 heteroatoms. The molecule has 2 saturated heterocycles. The number of amides is 1. The smallest absolute Gasteiger partial charge is 0.407 e. The fourth-order valence-electron chi connectivity index (χ4n) is 3.34. The Morgan fingerprint density at radius 2 is 1.61 bits per heavy atom. The molecule has 0 aromatic rings. The summed E-state index contributed by atoms with van der Waals surface area (Å²) in [5.41, 5.74) is 16.8. The molecule has 96 valence electrons. The Bertz CT molecular complexity index is 406. The number of hydrogen-bond acceptors (Lipinski definition) is 3. The molecule has 2 aliphatic rings. The summed E-state index contributed by atoms with van der Waals surface area (Å²) in [4.78, 5) is 18.1. The molecule has 2 rings (SSSR count). The van der Waals surface area contributed by atoms with Crippen molar-refractivity contribution >= 4 is 6.09 Å². The Morgan fingerprint density at radius 3 is 1.94 bits per heavy atom. The first-order valence-corrected chi connectivity index (χ1v) is 5.73.